The van der Waals surface area contributed by atoms with E-state index in [1.54, 1.807) is 0 Å². The lowest BCUT2D eigenvalue weighted by Crippen LogP contribution is -2.49. The number of imide groups is 1. The number of nitrogens with zero attached hydrogens (tertiary/aromatic N) is 1. The standard InChI is InChI=1S/C11H11N2O7P.H3N/c1-2-11(5-12-10(15)13-9(11)14)8-7(3-4-19-8)20-6-21(16,17)18;/h2-5H,1,6H2,(H,13,14,15)(H2,16,17,18);1H3. The van der Waals surface area contributed by atoms with Crippen molar-refractivity contribution in [3.05, 3.63) is 30.7 Å². The molecular weight excluding hydrogens is 317 g/mol. The van der Waals surface area contributed by atoms with E-state index >= 15 is 0 Å². The number of urea groups is 1. The first-order valence-electron chi connectivity index (χ1n) is 5.58. The number of nitrogens with one attached hydrogen (secondary N) is 1. The molecule has 0 spiro atoms. The van der Waals surface area contributed by atoms with Crippen LogP contribution in [-0.4, -0.2) is 34.3 Å². The Morgan fingerprint density at radius 2 is 2.18 bits per heavy atom. The Morgan fingerprint density at radius 3 is 2.73 bits per heavy atom. The molecule has 0 aromatic carbocycles. The van der Waals surface area contributed by atoms with Gasteiger partial charge in [-0.25, -0.2) is 9.79 Å². The second kappa shape index (κ2) is 6.24. The van der Waals surface area contributed by atoms with Crippen LogP contribution in [-0.2, 0) is 14.8 Å². The van der Waals surface area contributed by atoms with Gasteiger partial charge in [-0.2, -0.15) is 0 Å². The van der Waals surface area contributed by atoms with E-state index in [2.05, 4.69) is 11.6 Å². The zero-order valence-corrected chi connectivity index (χ0v) is 12.2. The summed E-state index contributed by atoms with van der Waals surface area (Å²) in [5.41, 5.74) is -1.60. The Labute approximate surface area is 124 Å². The molecule has 1 aliphatic rings. The Bertz CT molecular complexity index is 677. The SMILES string of the molecule is C=CC1(c2occc2OCP(=O)(O)O)C=NC(=O)NC1=O.N. The summed E-state index contributed by atoms with van der Waals surface area (Å²) in [6, 6.07) is 0.454. The lowest BCUT2D eigenvalue weighted by atomic mass is 9.84. The van der Waals surface area contributed by atoms with E-state index < -0.39 is 31.3 Å². The molecule has 1 unspecified atom stereocenters. The van der Waals surface area contributed by atoms with Crippen LogP contribution in [0.15, 0.2) is 34.4 Å². The molecule has 0 aliphatic carbocycles. The lowest BCUT2D eigenvalue weighted by molar-refractivity contribution is -0.122. The number of furan rings is 1. The van der Waals surface area contributed by atoms with Crippen molar-refractivity contribution < 1.29 is 33.1 Å². The predicted molar refractivity (Wildman–Crippen MR) is 75.2 cm³/mol. The fraction of sp³-hybridized carbons (Fsp3) is 0.182. The van der Waals surface area contributed by atoms with Gasteiger partial charge in [-0.15, -0.1) is 6.58 Å². The molecule has 0 radical (unpaired) electrons. The van der Waals surface area contributed by atoms with E-state index in [0.29, 0.717) is 0 Å². The highest BCUT2D eigenvalue weighted by Gasteiger charge is 2.44. The van der Waals surface area contributed by atoms with Gasteiger partial charge in [-0.3, -0.25) is 14.7 Å². The molecule has 0 bridgehead atoms. The lowest BCUT2D eigenvalue weighted by Gasteiger charge is -2.25. The molecule has 11 heteroatoms. The molecule has 0 saturated carbocycles. The Kier molecular flexibility index (Phi) is 5.05. The van der Waals surface area contributed by atoms with E-state index in [1.165, 1.54) is 18.4 Å². The summed E-state index contributed by atoms with van der Waals surface area (Å²) in [5.74, 6) is -0.901. The van der Waals surface area contributed by atoms with E-state index in [-0.39, 0.29) is 17.7 Å². The number of carbonyl (C=O) groups excluding carboxylic acids is 2. The topological polar surface area (TPSA) is 173 Å². The van der Waals surface area contributed by atoms with E-state index in [1.807, 2.05) is 5.32 Å². The summed E-state index contributed by atoms with van der Waals surface area (Å²) in [5, 5.41) is 1.99. The first-order valence-corrected chi connectivity index (χ1v) is 7.38. The quantitative estimate of drug-likeness (QED) is 0.450. The summed E-state index contributed by atoms with van der Waals surface area (Å²) >= 11 is 0. The number of amides is 3. The average Bonchev–Trinajstić information content (AvgIpc) is 2.85. The van der Waals surface area contributed by atoms with Crippen LogP contribution >= 0.6 is 7.60 Å². The van der Waals surface area contributed by atoms with Gasteiger partial charge in [0.05, 0.1) is 6.26 Å². The molecule has 1 aliphatic heterocycles. The Balaban J connectivity index is 0.00000242. The van der Waals surface area contributed by atoms with Crippen LogP contribution < -0.4 is 16.2 Å². The van der Waals surface area contributed by atoms with Crippen molar-refractivity contribution in [1.29, 1.82) is 0 Å². The Morgan fingerprint density at radius 1 is 1.50 bits per heavy atom. The van der Waals surface area contributed by atoms with Crippen molar-refractivity contribution in [1.82, 2.24) is 11.5 Å². The van der Waals surface area contributed by atoms with Crippen molar-refractivity contribution in [3.8, 4) is 5.75 Å². The summed E-state index contributed by atoms with van der Waals surface area (Å²) in [4.78, 5) is 44.2. The van der Waals surface area contributed by atoms with Crippen LogP contribution in [0.3, 0.4) is 0 Å². The van der Waals surface area contributed by atoms with Crippen LogP contribution in [0.4, 0.5) is 4.79 Å². The third-order valence-corrected chi connectivity index (χ3v) is 3.16. The average molecular weight is 331 g/mol. The molecule has 1 aromatic rings. The van der Waals surface area contributed by atoms with Gasteiger partial charge >= 0.3 is 13.6 Å². The minimum Gasteiger partial charge on any atom is -0.477 e. The maximum absolute atomic E-state index is 12.0. The van der Waals surface area contributed by atoms with E-state index in [4.69, 9.17) is 18.9 Å². The highest BCUT2D eigenvalue weighted by molar-refractivity contribution is 7.51. The van der Waals surface area contributed by atoms with Crippen LogP contribution in [0, 0.1) is 0 Å². The predicted octanol–water partition coefficient (Wildman–Crippen LogP) is 0.700. The largest absolute Gasteiger partial charge is 0.477 e. The molecule has 10 nitrogen and oxygen atoms in total. The summed E-state index contributed by atoms with van der Waals surface area (Å²) < 4.78 is 21.0. The summed E-state index contributed by atoms with van der Waals surface area (Å²) in [7, 11) is -4.40. The molecular formula is C11H14N3O7P. The number of ether oxygens (including phenoxy) is 1. The molecule has 2 rings (SSSR count). The molecule has 1 aromatic heterocycles. The fourth-order valence-corrected chi connectivity index (χ4v) is 2.03. The molecule has 0 saturated heterocycles. The van der Waals surface area contributed by atoms with Crippen LogP contribution in [0.1, 0.15) is 5.76 Å². The van der Waals surface area contributed by atoms with Crippen LogP contribution in [0.2, 0.25) is 0 Å². The first kappa shape index (κ1) is 17.8. The molecule has 6 N–H and O–H groups in total. The minimum absolute atomic E-state index is 0. The molecule has 2 heterocycles. The monoisotopic (exact) mass is 331 g/mol. The van der Waals surface area contributed by atoms with Crippen molar-refractivity contribution in [3.63, 3.8) is 0 Å². The van der Waals surface area contributed by atoms with Gasteiger partial charge < -0.3 is 25.1 Å². The molecule has 1 atom stereocenters. The maximum atomic E-state index is 12.0. The van der Waals surface area contributed by atoms with Crippen molar-refractivity contribution in [2.45, 2.75) is 5.41 Å². The minimum atomic E-state index is -4.40. The summed E-state index contributed by atoms with van der Waals surface area (Å²) in [6.45, 7) is 3.51. The maximum Gasteiger partial charge on any atom is 0.362 e. The highest BCUT2D eigenvalue weighted by Crippen LogP contribution is 2.39. The molecule has 120 valence electrons. The second-order valence-corrected chi connectivity index (χ2v) is 5.73. The van der Waals surface area contributed by atoms with Crippen molar-refractivity contribution in [2.75, 3.05) is 6.35 Å². The molecule has 0 fully saturated rings. The van der Waals surface area contributed by atoms with Gasteiger partial charge in [0.15, 0.2) is 23.3 Å². The third-order valence-electron chi connectivity index (χ3n) is 2.70. The number of aliphatic imine (C=N–C) groups is 1. The second-order valence-electron chi connectivity index (χ2n) is 4.14. The van der Waals surface area contributed by atoms with E-state index in [0.717, 1.165) is 6.21 Å². The van der Waals surface area contributed by atoms with Gasteiger partial charge in [0, 0.05) is 12.3 Å². The number of hydrogen-bond acceptors (Lipinski definition) is 6. The summed E-state index contributed by atoms with van der Waals surface area (Å²) in [6.07, 6.45) is 2.50. The molecule has 22 heavy (non-hydrogen) atoms. The van der Waals surface area contributed by atoms with Crippen molar-refractivity contribution in [2.24, 2.45) is 4.99 Å². The fourth-order valence-electron chi connectivity index (χ4n) is 1.72. The van der Waals surface area contributed by atoms with Gasteiger partial charge in [0.2, 0.25) is 0 Å². The highest BCUT2D eigenvalue weighted by atomic mass is 31.2. The zero-order valence-electron chi connectivity index (χ0n) is 11.3. The number of rotatable bonds is 5. The number of carbonyl (C=O) groups is 2. The van der Waals surface area contributed by atoms with Gasteiger partial charge in [0.1, 0.15) is 0 Å². The van der Waals surface area contributed by atoms with Gasteiger partial charge in [0.25, 0.3) is 5.91 Å². The molecule has 3 amide bonds. The Hall–Kier alpha value is -2.26. The zero-order chi connectivity index (χ0) is 15.7. The van der Waals surface area contributed by atoms with E-state index in [9.17, 15) is 14.2 Å². The number of hydrogen-bond donors (Lipinski definition) is 4. The first-order chi connectivity index (χ1) is 9.78. The van der Waals surface area contributed by atoms with Crippen molar-refractivity contribution >= 4 is 25.7 Å². The third kappa shape index (κ3) is 3.31. The van der Waals surface area contributed by atoms with Gasteiger partial charge in [-0.05, 0) is 0 Å². The van der Waals surface area contributed by atoms with Gasteiger partial charge in [-0.1, -0.05) is 6.08 Å². The smallest absolute Gasteiger partial charge is 0.362 e. The normalized spacial score (nSPS) is 21.0. The van der Waals surface area contributed by atoms with Crippen LogP contribution in [0.25, 0.3) is 0 Å². The van der Waals surface area contributed by atoms with Crippen LogP contribution in [0.5, 0.6) is 5.75 Å².